The lowest BCUT2D eigenvalue weighted by molar-refractivity contribution is 0.0425. The van der Waals surface area contributed by atoms with E-state index in [2.05, 4.69) is 25.8 Å². The van der Waals surface area contributed by atoms with Crippen LogP contribution in [0.3, 0.4) is 0 Å². The maximum atomic E-state index is 6.17. The summed E-state index contributed by atoms with van der Waals surface area (Å²) >= 11 is 11.9. The largest absolute Gasteiger partial charge is 0.474 e. The van der Waals surface area contributed by atoms with Crippen molar-refractivity contribution in [1.29, 1.82) is 0 Å². The summed E-state index contributed by atoms with van der Waals surface area (Å²) in [5, 5.41) is 0.602. The zero-order chi connectivity index (χ0) is 14.7. The molecule has 1 aliphatic carbocycles. The van der Waals surface area contributed by atoms with Gasteiger partial charge in [0.05, 0.1) is 16.6 Å². The molecule has 0 bridgehead atoms. The van der Waals surface area contributed by atoms with Crippen LogP contribution in [0.5, 0.6) is 5.88 Å². The lowest BCUT2D eigenvalue weighted by atomic mass is 9.75. The number of pyridine rings is 1. The summed E-state index contributed by atoms with van der Waals surface area (Å²) < 4.78 is 6.17. The highest BCUT2D eigenvalue weighted by molar-refractivity contribution is 6.32. The predicted octanol–water partition coefficient (Wildman–Crippen LogP) is 5.31. The van der Waals surface area contributed by atoms with Crippen LogP contribution in [0.15, 0.2) is 12.1 Å². The van der Waals surface area contributed by atoms with Crippen LogP contribution < -0.4 is 4.74 Å². The summed E-state index contributed by atoms with van der Waals surface area (Å²) in [5.41, 5.74) is 0.691. The van der Waals surface area contributed by atoms with Gasteiger partial charge < -0.3 is 4.74 Å². The van der Waals surface area contributed by atoms with Gasteiger partial charge in [0.1, 0.15) is 6.10 Å². The number of hydrogen-bond donors (Lipinski definition) is 0. The van der Waals surface area contributed by atoms with Crippen molar-refractivity contribution in [2.45, 2.75) is 52.0 Å². The molecule has 2 rings (SSSR count). The zero-order valence-corrected chi connectivity index (χ0v) is 13.9. The van der Waals surface area contributed by atoms with Gasteiger partial charge in [0.25, 0.3) is 0 Å². The highest BCUT2D eigenvalue weighted by atomic mass is 35.5. The number of hydrogen-bond acceptors (Lipinski definition) is 2. The first-order valence-corrected chi connectivity index (χ1v) is 8.30. The van der Waals surface area contributed by atoms with Crippen molar-refractivity contribution >= 4 is 23.2 Å². The van der Waals surface area contributed by atoms with E-state index in [1.807, 2.05) is 12.1 Å². The van der Waals surface area contributed by atoms with Gasteiger partial charge in [-0.3, -0.25) is 0 Å². The van der Waals surface area contributed by atoms with Crippen LogP contribution in [0.1, 0.15) is 45.7 Å². The third-order valence-corrected chi connectivity index (χ3v) is 4.85. The molecule has 0 N–H and O–H groups in total. The first-order valence-electron chi connectivity index (χ1n) is 7.39. The summed E-state index contributed by atoms with van der Waals surface area (Å²) in [5.74, 6) is 2.91. The number of rotatable bonds is 4. The van der Waals surface area contributed by atoms with E-state index in [1.54, 1.807) is 0 Å². The van der Waals surface area contributed by atoms with E-state index in [0.717, 1.165) is 12.3 Å². The van der Waals surface area contributed by atoms with E-state index < -0.39 is 0 Å². The fourth-order valence-corrected chi connectivity index (χ4v) is 3.47. The summed E-state index contributed by atoms with van der Waals surface area (Å²) in [7, 11) is 0. The number of aromatic nitrogens is 1. The quantitative estimate of drug-likeness (QED) is 0.702. The molecular weight excluding hydrogens is 293 g/mol. The Kier molecular flexibility index (Phi) is 5.57. The Bertz CT molecular complexity index is 450. The summed E-state index contributed by atoms with van der Waals surface area (Å²) in [4.78, 5) is 4.42. The molecule has 3 atom stereocenters. The van der Waals surface area contributed by atoms with Gasteiger partial charge in [0.2, 0.25) is 5.88 Å². The standard InChI is InChI=1S/C16H23Cl2NO/c1-10(2)12-5-4-11(3)8-15(12)20-16-7-6-13(18)14(9-17)19-16/h6-7,10-12,15H,4-5,8-9H2,1-3H3. The van der Waals surface area contributed by atoms with Gasteiger partial charge in [-0.1, -0.05) is 38.8 Å². The maximum Gasteiger partial charge on any atom is 0.213 e. The van der Waals surface area contributed by atoms with Gasteiger partial charge in [-0.05, 0) is 36.7 Å². The average molecular weight is 316 g/mol. The Morgan fingerprint density at radius 3 is 2.75 bits per heavy atom. The van der Waals surface area contributed by atoms with E-state index in [-0.39, 0.29) is 6.10 Å². The van der Waals surface area contributed by atoms with Gasteiger partial charge in [-0.25, -0.2) is 4.98 Å². The Labute approximate surface area is 131 Å². The highest BCUT2D eigenvalue weighted by Gasteiger charge is 2.32. The van der Waals surface area contributed by atoms with Crippen molar-refractivity contribution in [3.8, 4) is 5.88 Å². The van der Waals surface area contributed by atoms with E-state index in [9.17, 15) is 0 Å². The minimum Gasteiger partial charge on any atom is -0.474 e. The molecule has 0 amide bonds. The van der Waals surface area contributed by atoms with Crippen molar-refractivity contribution in [2.24, 2.45) is 17.8 Å². The van der Waals surface area contributed by atoms with Crippen LogP contribution in [0.4, 0.5) is 0 Å². The monoisotopic (exact) mass is 315 g/mol. The van der Waals surface area contributed by atoms with Crippen LogP contribution in [0, 0.1) is 17.8 Å². The van der Waals surface area contributed by atoms with Crippen molar-refractivity contribution in [1.82, 2.24) is 4.98 Å². The van der Waals surface area contributed by atoms with Crippen LogP contribution in [-0.2, 0) is 5.88 Å². The minimum absolute atomic E-state index is 0.246. The Hall–Kier alpha value is -0.470. The van der Waals surface area contributed by atoms with Crippen LogP contribution in [-0.4, -0.2) is 11.1 Å². The van der Waals surface area contributed by atoms with Crippen LogP contribution in [0.25, 0.3) is 0 Å². The van der Waals surface area contributed by atoms with Crippen molar-refractivity contribution in [3.63, 3.8) is 0 Å². The lowest BCUT2D eigenvalue weighted by Crippen LogP contribution is -2.36. The topological polar surface area (TPSA) is 22.1 Å². The van der Waals surface area contributed by atoms with Gasteiger partial charge in [0.15, 0.2) is 0 Å². The molecule has 1 aromatic rings. The Morgan fingerprint density at radius 2 is 2.10 bits per heavy atom. The third kappa shape index (κ3) is 3.79. The summed E-state index contributed by atoms with van der Waals surface area (Å²) in [6.07, 6.45) is 3.88. The van der Waals surface area contributed by atoms with Gasteiger partial charge >= 0.3 is 0 Å². The zero-order valence-electron chi connectivity index (χ0n) is 12.4. The van der Waals surface area contributed by atoms with Crippen LogP contribution >= 0.6 is 23.2 Å². The van der Waals surface area contributed by atoms with Crippen molar-refractivity contribution in [3.05, 3.63) is 22.8 Å². The Balaban J connectivity index is 2.13. The summed E-state index contributed by atoms with van der Waals surface area (Å²) in [6.45, 7) is 6.85. The second kappa shape index (κ2) is 7.00. The van der Waals surface area contributed by atoms with Gasteiger partial charge in [-0.2, -0.15) is 0 Å². The molecule has 112 valence electrons. The number of alkyl halides is 1. The smallest absolute Gasteiger partial charge is 0.213 e. The molecule has 2 nitrogen and oxygen atoms in total. The SMILES string of the molecule is CC1CCC(C(C)C)C(Oc2ccc(Cl)c(CCl)n2)C1. The second-order valence-corrected chi connectivity index (χ2v) is 6.87. The fraction of sp³-hybridized carbons (Fsp3) is 0.688. The highest BCUT2D eigenvalue weighted by Crippen LogP contribution is 2.36. The number of ether oxygens (including phenoxy) is 1. The minimum atomic E-state index is 0.246. The maximum absolute atomic E-state index is 6.17. The molecule has 4 heteroatoms. The first kappa shape index (κ1) is 15.9. The fourth-order valence-electron chi connectivity index (χ4n) is 3.03. The summed E-state index contributed by atoms with van der Waals surface area (Å²) in [6, 6.07) is 3.66. The third-order valence-electron chi connectivity index (χ3n) is 4.25. The predicted molar refractivity (Wildman–Crippen MR) is 84.6 cm³/mol. The molecule has 20 heavy (non-hydrogen) atoms. The molecule has 1 fully saturated rings. The van der Waals surface area contributed by atoms with Gasteiger partial charge in [-0.15, -0.1) is 11.6 Å². The lowest BCUT2D eigenvalue weighted by Gasteiger charge is -2.37. The molecule has 1 saturated carbocycles. The molecule has 0 aromatic carbocycles. The van der Waals surface area contributed by atoms with E-state index in [4.69, 9.17) is 27.9 Å². The van der Waals surface area contributed by atoms with E-state index >= 15 is 0 Å². The van der Waals surface area contributed by atoms with E-state index in [0.29, 0.717) is 34.3 Å². The van der Waals surface area contributed by atoms with Gasteiger partial charge in [0, 0.05) is 6.07 Å². The molecule has 1 aliphatic rings. The molecule has 0 aliphatic heterocycles. The number of halogens is 2. The molecule has 0 radical (unpaired) electrons. The van der Waals surface area contributed by atoms with E-state index in [1.165, 1.54) is 12.8 Å². The van der Waals surface area contributed by atoms with Crippen LogP contribution in [0.2, 0.25) is 5.02 Å². The first-order chi connectivity index (χ1) is 9.51. The Morgan fingerprint density at radius 1 is 1.35 bits per heavy atom. The van der Waals surface area contributed by atoms with Crippen molar-refractivity contribution in [2.75, 3.05) is 0 Å². The second-order valence-electron chi connectivity index (χ2n) is 6.19. The average Bonchev–Trinajstić information content (AvgIpc) is 2.40. The van der Waals surface area contributed by atoms with Crippen molar-refractivity contribution < 1.29 is 4.74 Å². The molecule has 1 heterocycles. The number of nitrogens with zero attached hydrogens (tertiary/aromatic N) is 1. The molecule has 1 aromatic heterocycles. The molecule has 0 spiro atoms. The molecular formula is C16H23Cl2NO. The molecule has 3 unspecified atom stereocenters. The molecule has 0 saturated heterocycles. The normalized spacial score (nSPS) is 26.8.